The number of nitrogens with zero attached hydrogens (tertiary/aromatic N) is 1. The third kappa shape index (κ3) is 4.10. The van der Waals surface area contributed by atoms with Crippen LogP contribution in [0.1, 0.15) is 23.0 Å². The van der Waals surface area contributed by atoms with Gasteiger partial charge in [-0.05, 0) is 50.2 Å². The van der Waals surface area contributed by atoms with E-state index in [2.05, 4.69) is 10.3 Å². The van der Waals surface area contributed by atoms with Gasteiger partial charge in [-0.1, -0.05) is 18.2 Å². The lowest BCUT2D eigenvalue weighted by molar-refractivity contribution is -0.123. The third-order valence-electron chi connectivity index (χ3n) is 5.22. The maximum atomic E-state index is 13.1. The number of amides is 1. The predicted molar refractivity (Wildman–Crippen MR) is 120 cm³/mol. The number of anilines is 1. The van der Waals surface area contributed by atoms with Crippen molar-refractivity contribution in [3.8, 4) is 23.0 Å². The number of hydrogen-bond acceptors (Lipinski definition) is 7. The van der Waals surface area contributed by atoms with Gasteiger partial charge in [-0.3, -0.25) is 4.79 Å². The van der Waals surface area contributed by atoms with E-state index in [-0.39, 0.29) is 6.79 Å². The third-order valence-corrected chi connectivity index (χ3v) is 5.22. The number of nitrogens with one attached hydrogen (secondary N) is 1. The van der Waals surface area contributed by atoms with Crippen LogP contribution in [0.3, 0.4) is 0 Å². The quantitative estimate of drug-likeness (QED) is 0.445. The molecule has 3 heterocycles. The van der Waals surface area contributed by atoms with Gasteiger partial charge in [-0.25, -0.2) is 9.78 Å². The fourth-order valence-electron chi connectivity index (χ4n) is 3.54. The number of rotatable bonds is 5. The standard InChI is InChI=1S/C25H20N2O6/c1-14-7-9-21(32-14)20-12-18(17-5-3-4-6-19(17)27-20)25(29)33-15(2)24(28)26-16-8-10-22-23(11-16)31-13-30-22/h3-12,15H,13H2,1-2H3,(H,26,28)/t15-/m0/s1. The highest BCUT2D eigenvalue weighted by Gasteiger charge is 2.23. The Hall–Kier alpha value is -4.33. The zero-order valence-electron chi connectivity index (χ0n) is 18.0. The second kappa shape index (κ2) is 8.31. The van der Waals surface area contributed by atoms with E-state index in [1.165, 1.54) is 6.92 Å². The lowest BCUT2D eigenvalue weighted by Crippen LogP contribution is -2.30. The Bertz CT molecular complexity index is 1380. The number of para-hydroxylation sites is 1. The van der Waals surface area contributed by atoms with Crippen molar-refractivity contribution in [1.29, 1.82) is 0 Å². The van der Waals surface area contributed by atoms with Gasteiger partial charge in [-0.2, -0.15) is 0 Å². The number of pyridine rings is 1. The Labute approximate surface area is 189 Å². The van der Waals surface area contributed by atoms with Crippen molar-refractivity contribution in [3.63, 3.8) is 0 Å². The summed E-state index contributed by atoms with van der Waals surface area (Å²) in [6, 6.07) is 17.5. The Balaban J connectivity index is 1.37. The SMILES string of the molecule is Cc1ccc(-c2cc(C(=O)O[C@@H](C)C(=O)Nc3ccc4c(c3)OCO4)c3ccccc3n2)o1. The van der Waals surface area contributed by atoms with Gasteiger partial charge in [-0.15, -0.1) is 0 Å². The Kier molecular flexibility index (Phi) is 5.18. The van der Waals surface area contributed by atoms with E-state index in [4.69, 9.17) is 18.6 Å². The van der Waals surface area contributed by atoms with Crippen LogP contribution in [0.2, 0.25) is 0 Å². The second-order valence-electron chi connectivity index (χ2n) is 7.59. The molecule has 1 aliphatic heterocycles. The first-order valence-electron chi connectivity index (χ1n) is 10.4. The van der Waals surface area contributed by atoms with Crippen molar-refractivity contribution in [2.24, 2.45) is 0 Å². The predicted octanol–water partition coefficient (Wildman–Crippen LogP) is 4.72. The highest BCUT2D eigenvalue weighted by molar-refractivity contribution is 6.05. The number of furan rings is 1. The van der Waals surface area contributed by atoms with E-state index in [0.29, 0.717) is 45.1 Å². The fraction of sp³-hybridized carbons (Fsp3) is 0.160. The molecule has 5 rings (SSSR count). The van der Waals surface area contributed by atoms with Crippen LogP contribution in [0, 0.1) is 6.92 Å². The number of carbonyl (C=O) groups excluding carboxylic acids is 2. The zero-order valence-corrected chi connectivity index (χ0v) is 18.0. The molecule has 2 aromatic carbocycles. The summed E-state index contributed by atoms with van der Waals surface area (Å²) in [5.74, 6) is 1.33. The van der Waals surface area contributed by atoms with Crippen LogP contribution >= 0.6 is 0 Å². The van der Waals surface area contributed by atoms with Crippen LogP contribution in [-0.2, 0) is 9.53 Å². The van der Waals surface area contributed by atoms with E-state index in [1.54, 1.807) is 42.5 Å². The molecule has 1 aliphatic rings. The Morgan fingerprint density at radius 3 is 2.67 bits per heavy atom. The van der Waals surface area contributed by atoms with Gasteiger partial charge < -0.3 is 23.9 Å². The van der Waals surface area contributed by atoms with Crippen LogP contribution in [-0.4, -0.2) is 29.8 Å². The fourth-order valence-corrected chi connectivity index (χ4v) is 3.54. The van der Waals surface area contributed by atoms with Gasteiger partial charge in [0.05, 0.1) is 11.1 Å². The average molecular weight is 444 g/mol. The summed E-state index contributed by atoms with van der Waals surface area (Å²) in [5, 5.41) is 3.35. The summed E-state index contributed by atoms with van der Waals surface area (Å²) in [7, 11) is 0. The molecule has 0 aliphatic carbocycles. The molecular formula is C25H20N2O6. The van der Waals surface area contributed by atoms with Crippen LogP contribution in [0.25, 0.3) is 22.4 Å². The molecule has 0 radical (unpaired) electrons. The number of aromatic nitrogens is 1. The summed E-state index contributed by atoms with van der Waals surface area (Å²) in [6.07, 6.45) is -1.04. The molecule has 4 aromatic rings. The molecule has 2 aromatic heterocycles. The minimum absolute atomic E-state index is 0.139. The number of hydrogen-bond donors (Lipinski definition) is 1. The number of fused-ring (bicyclic) bond motifs is 2. The normalized spacial score (nSPS) is 13.0. The zero-order chi connectivity index (χ0) is 22.9. The molecule has 8 heteroatoms. The molecule has 1 amide bonds. The number of esters is 1. The van der Waals surface area contributed by atoms with E-state index in [9.17, 15) is 9.59 Å². The molecule has 8 nitrogen and oxygen atoms in total. The number of benzene rings is 2. The highest BCUT2D eigenvalue weighted by Crippen LogP contribution is 2.34. The average Bonchev–Trinajstić information content (AvgIpc) is 3.46. The van der Waals surface area contributed by atoms with Crippen molar-refractivity contribution in [2.45, 2.75) is 20.0 Å². The lowest BCUT2D eigenvalue weighted by Gasteiger charge is -2.15. The van der Waals surface area contributed by atoms with Crippen LogP contribution in [0.15, 0.2) is 65.1 Å². The summed E-state index contributed by atoms with van der Waals surface area (Å²) in [4.78, 5) is 30.3. The topological polar surface area (TPSA) is 99.9 Å². The van der Waals surface area contributed by atoms with Crippen LogP contribution in [0.4, 0.5) is 5.69 Å². The molecule has 0 spiro atoms. The van der Waals surface area contributed by atoms with Crippen LogP contribution < -0.4 is 14.8 Å². The molecule has 1 N–H and O–H groups in total. The van der Waals surface area contributed by atoms with Gasteiger partial charge in [0.15, 0.2) is 23.4 Å². The number of aryl methyl sites for hydroxylation is 1. The maximum absolute atomic E-state index is 13.1. The summed E-state index contributed by atoms with van der Waals surface area (Å²) >= 11 is 0. The molecule has 0 bridgehead atoms. The van der Waals surface area contributed by atoms with Gasteiger partial charge >= 0.3 is 5.97 Å². The Morgan fingerprint density at radius 2 is 1.85 bits per heavy atom. The monoisotopic (exact) mass is 444 g/mol. The van der Waals surface area contributed by atoms with Crippen molar-refractivity contribution < 1.29 is 28.2 Å². The van der Waals surface area contributed by atoms with Gasteiger partial charge in [0.1, 0.15) is 11.5 Å². The Morgan fingerprint density at radius 1 is 1.03 bits per heavy atom. The maximum Gasteiger partial charge on any atom is 0.339 e. The smallest absolute Gasteiger partial charge is 0.339 e. The molecule has 0 saturated heterocycles. The van der Waals surface area contributed by atoms with Gasteiger partial charge in [0, 0.05) is 17.1 Å². The first kappa shape index (κ1) is 20.6. The first-order chi connectivity index (χ1) is 16.0. The van der Waals surface area contributed by atoms with E-state index in [1.807, 2.05) is 25.1 Å². The molecule has 0 saturated carbocycles. The van der Waals surface area contributed by atoms with Crippen molar-refractivity contribution in [1.82, 2.24) is 4.98 Å². The van der Waals surface area contributed by atoms with E-state index in [0.717, 1.165) is 5.76 Å². The summed E-state index contributed by atoms with van der Waals surface area (Å²) < 4.78 is 21.8. The van der Waals surface area contributed by atoms with Gasteiger partial charge in [0.2, 0.25) is 6.79 Å². The molecular weight excluding hydrogens is 424 g/mol. The minimum Gasteiger partial charge on any atom is -0.460 e. The van der Waals surface area contributed by atoms with Gasteiger partial charge in [0.25, 0.3) is 5.91 Å². The minimum atomic E-state index is -1.04. The molecule has 0 fully saturated rings. The van der Waals surface area contributed by atoms with Crippen LogP contribution in [0.5, 0.6) is 11.5 Å². The summed E-state index contributed by atoms with van der Waals surface area (Å²) in [5.41, 5.74) is 1.93. The van der Waals surface area contributed by atoms with E-state index >= 15 is 0 Å². The highest BCUT2D eigenvalue weighted by atomic mass is 16.7. The second-order valence-corrected chi connectivity index (χ2v) is 7.59. The van der Waals surface area contributed by atoms with Crippen molar-refractivity contribution in [3.05, 3.63) is 72.0 Å². The number of ether oxygens (including phenoxy) is 3. The summed E-state index contributed by atoms with van der Waals surface area (Å²) in [6.45, 7) is 3.49. The first-order valence-corrected chi connectivity index (χ1v) is 10.4. The molecule has 166 valence electrons. The molecule has 33 heavy (non-hydrogen) atoms. The van der Waals surface area contributed by atoms with Crippen molar-refractivity contribution in [2.75, 3.05) is 12.1 Å². The molecule has 1 atom stereocenters. The largest absolute Gasteiger partial charge is 0.460 e. The lowest BCUT2D eigenvalue weighted by atomic mass is 10.1. The van der Waals surface area contributed by atoms with E-state index < -0.39 is 18.0 Å². The number of carbonyl (C=O) groups is 2. The molecule has 0 unspecified atom stereocenters. The van der Waals surface area contributed by atoms with Crippen molar-refractivity contribution >= 4 is 28.5 Å².